The van der Waals surface area contributed by atoms with Crippen LogP contribution in [0.2, 0.25) is 0 Å². The fourth-order valence-corrected chi connectivity index (χ4v) is 2.97. The van der Waals surface area contributed by atoms with Crippen LogP contribution in [-0.2, 0) is 35.1 Å². The number of benzene rings is 1. The normalized spacial score (nSPS) is 32.3. The average Bonchev–Trinajstić information content (AvgIpc) is 3.04. The zero-order chi connectivity index (χ0) is 17.3. The summed E-state index contributed by atoms with van der Waals surface area (Å²) < 4.78 is 27.7. The first kappa shape index (κ1) is 17.3. The van der Waals surface area contributed by atoms with E-state index in [9.17, 15) is 9.90 Å². The van der Waals surface area contributed by atoms with Gasteiger partial charge in [-0.15, -0.1) is 0 Å². The molecule has 2 saturated heterocycles. The van der Waals surface area contributed by atoms with Gasteiger partial charge in [0, 0.05) is 0 Å². The molecule has 2 fully saturated rings. The van der Waals surface area contributed by atoms with Gasteiger partial charge in [0.25, 0.3) is 0 Å². The van der Waals surface area contributed by atoms with E-state index in [1.165, 1.54) is 7.11 Å². The second-order valence-electron chi connectivity index (χ2n) is 6.30. The summed E-state index contributed by atoms with van der Waals surface area (Å²) in [6.07, 6.45) is -4.30. The van der Waals surface area contributed by atoms with Crippen LogP contribution in [0.1, 0.15) is 19.4 Å². The molecule has 7 heteroatoms. The van der Waals surface area contributed by atoms with Crippen LogP contribution >= 0.6 is 0 Å². The number of methoxy groups -OCH3 is 1. The molecule has 0 aromatic heterocycles. The van der Waals surface area contributed by atoms with Gasteiger partial charge in [-0.2, -0.15) is 0 Å². The fourth-order valence-electron chi connectivity index (χ4n) is 2.97. The van der Waals surface area contributed by atoms with Crippen LogP contribution in [0.3, 0.4) is 0 Å². The van der Waals surface area contributed by atoms with Crippen molar-refractivity contribution in [2.75, 3.05) is 7.11 Å². The molecule has 2 heterocycles. The highest BCUT2D eigenvalue weighted by Gasteiger charge is 2.58. The minimum Gasteiger partial charge on any atom is -0.467 e. The zero-order valence-corrected chi connectivity index (χ0v) is 13.9. The predicted molar refractivity (Wildman–Crippen MR) is 81.7 cm³/mol. The largest absolute Gasteiger partial charge is 0.467 e. The molecule has 1 aromatic carbocycles. The average molecular weight is 338 g/mol. The molecule has 0 radical (unpaired) electrons. The van der Waals surface area contributed by atoms with Crippen LogP contribution in [0.4, 0.5) is 0 Å². The van der Waals surface area contributed by atoms with Crippen molar-refractivity contribution in [3.63, 3.8) is 0 Å². The summed E-state index contributed by atoms with van der Waals surface area (Å²) in [4.78, 5) is 11.7. The predicted octanol–water partition coefficient (Wildman–Crippen LogP) is 0.982. The monoisotopic (exact) mass is 338 g/mol. The number of rotatable bonds is 5. The Bertz CT molecular complexity index is 574. The SMILES string of the molecule is COC(=O)[C@H](O)C1O[C@@H]2OC(C)(C)O[C@@H]2[C@H]1OCc1ccccc1. The number of fused-ring (bicyclic) bond motifs is 1. The van der Waals surface area contributed by atoms with E-state index < -0.39 is 42.5 Å². The Balaban J connectivity index is 1.75. The molecule has 5 atom stereocenters. The van der Waals surface area contributed by atoms with Gasteiger partial charge in [0.1, 0.15) is 18.3 Å². The summed E-state index contributed by atoms with van der Waals surface area (Å²) >= 11 is 0. The number of ether oxygens (including phenoxy) is 5. The second kappa shape index (κ2) is 6.78. The molecule has 3 rings (SSSR count). The van der Waals surface area contributed by atoms with Crippen molar-refractivity contribution in [2.45, 2.75) is 56.9 Å². The lowest BCUT2D eigenvalue weighted by atomic mass is 10.1. The quantitative estimate of drug-likeness (QED) is 0.801. The van der Waals surface area contributed by atoms with Gasteiger partial charge in [-0.05, 0) is 19.4 Å². The van der Waals surface area contributed by atoms with Crippen LogP contribution in [-0.4, -0.2) is 54.7 Å². The van der Waals surface area contributed by atoms with E-state index in [4.69, 9.17) is 18.9 Å². The Morgan fingerprint density at radius 1 is 1.29 bits per heavy atom. The van der Waals surface area contributed by atoms with E-state index in [0.717, 1.165) is 5.56 Å². The molecule has 132 valence electrons. The van der Waals surface area contributed by atoms with E-state index in [-0.39, 0.29) is 0 Å². The lowest BCUT2D eigenvalue weighted by Gasteiger charge is -2.27. The van der Waals surface area contributed by atoms with E-state index in [1.807, 2.05) is 30.3 Å². The minimum absolute atomic E-state index is 0.298. The maximum atomic E-state index is 11.7. The number of carbonyl (C=O) groups is 1. The van der Waals surface area contributed by atoms with Gasteiger partial charge in [0.05, 0.1) is 13.7 Å². The highest BCUT2D eigenvalue weighted by Crippen LogP contribution is 2.40. The molecule has 0 bridgehead atoms. The highest BCUT2D eigenvalue weighted by atomic mass is 16.8. The van der Waals surface area contributed by atoms with Crippen LogP contribution in [0.15, 0.2) is 30.3 Å². The molecule has 0 aliphatic carbocycles. The number of carbonyl (C=O) groups excluding carboxylic acids is 1. The third-order valence-electron chi connectivity index (χ3n) is 4.07. The summed E-state index contributed by atoms with van der Waals surface area (Å²) in [7, 11) is 1.21. The molecule has 0 spiro atoms. The van der Waals surface area contributed by atoms with Crippen LogP contribution in [0.25, 0.3) is 0 Å². The number of hydrogen-bond donors (Lipinski definition) is 1. The number of aliphatic hydroxyl groups is 1. The lowest BCUT2D eigenvalue weighted by Crippen LogP contribution is -2.46. The van der Waals surface area contributed by atoms with Crippen molar-refractivity contribution in [3.05, 3.63) is 35.9 Å². The van der Waals surface area contributed by atoms with E-state index in [0.29, 0.717) is 6.61 Å². The summed E-state index contributed by atoms with van der Waals surface area (Å²) in [5.41, 5.74) is 0.963. The Labute approximate surface area is 140 Å². The summed E-state index contributed by atoms with van der Waals surface area (Å²) in [5, 5.41) is 10.2. The molecule has 7 nitrogen and oxygen atoms in total. The first-order valence-electron chi connectivity index (χ1n) is 7.84. The summed E-state index contributed by atoms with van der Waals surface area (Å²) in [5.74, 6) is -1.60. The van der Waals surface area contributed by atoms with Gasteiger partial charge in [0.15, 0.2) is 18.2 Å². The van der Waals surface area contributed by atoms with Crippen molar-refractivity contribution in [1.29, 1.82) is 0 Å². The Morgan fingerprint density at radius 3 is 2.67 bits per heavy atom. The first-order valence-corrected chi connectivity index (χ1v) is 7.84. The molecule has 0 saturated carbocycles. The van der Waals surface area contributed by atoms with Gasteiger partial charge in [-0.25, -0.2) is 4.79 Å². The van der Waals surface area contributed by atoms with Gasteiger partial charge >= 0.3 is 5.97 Å². The number of hydrogen-bond acceptors (Lipinski definition) is 7. The number of esters is 1. The molecule has 1 unspecified atom stereocenters. The summed E-state index contributed by atoms with van der Waals surface area (Å²) in [6, 6.07) is 9.58. The zero-order valence-electron chi connectivity index (χ0n) is 13.9. The fraction of sp³-hybridized carbons (Fsp3) is 0.588. The third kappa shape index (κ3) is 3.45. The van der Waals surface area contributed by atoms with Gasteiger partial charge < -0.3 is 28.8 Å². The van der Waals surface area contributed by atoms with Crippen molar-refractivity contribution in [3.8, 4) is 0 Å². The molecular weight excluding hydrogens is 316 g/mol. The molecule has 1 aromatic rings. The molecular formula is C17H22O7. The standard InChI is InChI=1S/C17H22O7/c1-17(2)23-14-13(21-9-10-7-5-4-6-8-10)12(22-16(14)24-17)11(18)15(19)20-3/h4-8,11-14,16,18H,9H2,1-3H3/t11-,12?,13+,14-,16-/m1/s1. The van der Waals surface area contributed by atoms with Crippen LogP contribution in [0, 0.1) is 0 Å². The van der Waals surface area contributed by atoms with E-state index in [1.54, 1.807) is 13.8 Å². The smallest absolute Gasteiger partial charge is 0.337 e. The maximum Gasteiger partial charge on any atom is 0.337 e. The Hall–Kier alpha value is -1.51. The maximum absolute atomic E-state index is 11.7. The molecule has 24 heavy (non-hydrogen) atoms. The van der Waals surface area contributed by atoms with Crippen LogP contribution in [0.5, 0.6) is 0 Å². The molecule has 2 aliphatic rings. The van der Waals surface area contributed by atoms with Crippen molar-refractivity contribution < 1.29 is 33.6 Å². The molecule has 2 aliphatic heterocycles. The van der Waals surface area contributed by atoms with Crippen LogP contribution < -0.4 is 0 Å². The second-order valence-corrected chi connectivity index (χ2v) is 6.30. The van der Waals surface area contributed by atoms with E-state index in [2.05, 4.69) is 4.74 Å². The number of aliphatic hydroxyl groups excluding tert-OH is 1. The Morgan fingerprint density at radius 2 is 2.00 bits per heavy atom. The Kier molecular flexibility index (Phi) is 4.89. The van der Waals surface area contributed by atoms with E-state index >= 15 is 0 Å². The lowest BCUT2D eigenvalue weighted by molar-refractivity contribution is -0.231. The van der Waals surface area contributed by atoms with Crippen molar-refractivity contribution >= 4 is 5.97 Å². The molecule has 1 N–H and O–H groups in total. The van der Waals surface area contributed by atoms with Crippen molar-refractivity contribution in [2.24, 2.45) is 0 Å². The highest BCUT2D eigenvalue weighted by molar-refractivity contribution is 5.75. The minimum atomic E-state index is -1.48. The topological polar surface area (TPSA) is 83.5 Å². The van der Waals surface area contributed by atoms with Gasteiger partial charge in [0.2, 0.25) is 0 Å². The third-order valence-corrected chi connectivity index (χ3v) is 4.07. The molecule has 0 amide bonds. The van der Waals surface area contributed by atoms with Gasteiger partial charge in [-0.1, -0.05) is 30.3 Å². The van der Waals surface area contributed by atoms with Crippen molar-refractivity contribution in [1.82, 2.24) is 0 Å². The first-order chi connectivity index (χ1) is 11.4. The summed E-state index contributed by atoms with van der Waals surface area (Å²) in [6.45, 7) is 3.84. The van der Waals surface area contributed by atoms with Gasteiger partial charge in [-0.3, -0.25) is 0 Å².